The van der Waals surface area contributed by atoms with Crippen LogP contribution in [0.5, 0.6) is 0 Å². The molecule has 0 bridgehead atoms. The van der Waals surface area contributed by atoms with Crippen LogP contribution in [0.25, 0.3) is 0 Å². The zero-order valence-electron chi connectivity index (χ0n) is 9.75. The van der Waals surface area contributed by atoms with Gasteiger partial charge in [-0.15, -0.1) is 0 Å². The molecule has 0 saturated carbocycles. The number of benzene rings is 1. The van der Waals surface area contributed by atoms with E-state index in [1.165, 1.54) is 36.7 Å². The Kier molecular flexibility index (Phi) is 3.82. The first-order valence-corrected chi connectivity index (χ1v) is 5.40. The van der Waals surface area contributed by atoms with Crippen molar-refractivity contribution in [2.75, 3.05) is 5.43 Å². The summed E-state index contributed by atoms with van der Waals surface area (Å²) in [6.45, 7) is 0. The molecule has 0 aliphatic rings. The minimum atomic E-state index is -1.09. The van der Waals surface area contributed by atoms with Crippen molar-refractivity contribution in [3.8, 4) is 0 Å². The number of rotatable bonds is 4. The number of aromatic nitrogens is 1. The molecule has 0 radical (unpaired) electrons. The molecule has 2 aromatic rings. The van der Waals surface area contributed by atoms with Gasteiger partial charge in [0.15, 0.2) is 5.82 Å². The van der Waals surface area contributed by atoms with Crippen LogP contribution in [0.3, 0.4) is 0 Å². The summed E-state index contributed by atoms with van der Waals surface area (Å²) >= 11 is 0. The maximum absolute atomic E-state index is 12.7. The number of nitrogens with zero attached hydrogens (tertiary/aromatic N) is 2. The molecular formula is C13H10FN3O2. The Balaban J connectivity index is 2.10. The number of pyridine rings is 1. The van der Waals surface area contributed by atoms with Crippen molar-refractivity contribution in [2.45, 2.75) is 0 Å². The number of carbonyl (C=O) groups is 1. The minimum Gasteiger partial charge on any atom is -0.478 e. The largest absolute Gasteiger partial charge is 0.478 e. The molecule has 0 unspecified atom stereocenters. The van der Waals surface area contributed by atoms with Crippen LogP contribution in [0.4, 0.5) is 10.2 Å². The minimum absolute atomic E-state index is 0.0266. The van der Waals surface area contributed by atoms with Crippen LogP contribution in [-0.2, 0) is 0 Å². The quantitative estimate of drug-likeness (QED) is 0.653. The van der Waals surface area contributed by atoms with Crippen LogP contribution in [0, 0.1) is 5.82 Å². The van der Waals surface area contributed by atoms with Gasteiger partial charge in [0.05, 0.1) is 6.21 Å². The average molecular weight is 259 g/mol. The van der Waals surface area contributed by atoms with E-state index in [-0.39, 0.29) is 17.2 Å². The second-order valence-electron chi connectivity index (χ2n) is 3.63. The van der Waals surface area contributed by atoms with E-state index in [1.807, 2.05) is 0 Å². The van der Waals surface area contributed by atoms with Crippen molar-refractivity contribution < 1.29 is 14.3 Å². The Morgan fingerprint density at radius 3 is 2.74 bits per heavy atom. The van der Waals surface area contributed by atoms with Crippen molar-refractivity contribution in [2.24, 2.45) is 5.10 Å². The van der Waals surface area contributed by atoms with Crippen molar-refractivity contribution in [3.05, 3.63) is 59.5 Å². The van der Waals surface area contributed by atoms with Gasteiger partial charge in [-0.05, 0) is 29.8 Å². The van der Waals surface area contributed by atoms with E-state index in [9.17, 15) is 9.18 Å². The summed E-state index contributed by atoms with van der Waals surface area (Å²) < 4.78 is 12.7. The lowest BCUT2D eigenvalue weighted by atomic mass is 10.2. The second kappa shape index (κ2) is 5.72. The van der Waals surface area contributed by atoms with Gasteiger partial charge in [0.1, 0.15) is 11.4 Å². The van der Waals surface area contributed by atoms with Crippen LogP contribution in [-0.4, -0.2) is 22.3 Å². The first kappa shape index (κ1) is 12.7. The highest BCUT2D eigenvalue weighted by molar-refractivity contribution is 5.93. The molecule has 19 heavy (non-hydrogen) atoms. The normalized spacial score (nSPS) is 10.6. The van der Waals surface area contributed by atoms with Crippen molar-refractivity contribution >= 4 is 18.0 Å². The first-order valence-electron chi connectivity index (χ1n) is 5.40. The van der Waals surface area contributed by atoms with Gasteiger partial charge < -0.3 is 5.11 Å². The molecule has 6 heteroatoms. The van der Waals surface area contributed by atoms with Gasteiger partial charge in [0, 0.05) is 6.20 Å². The van der Waals surface area contributed by atoms with Gasteiger partial charge in [0.2, 0.25) is 0 Å². The third-order valence-corrected chi connectivity index (χ3v) is 2.29. The summed E-state index contributed by atoms with van der Waals surface area (Å²) in [5.41, 5.74) is 3.25. The van der Waals surface area contributed by atoms with E-state index >= 15 is 0 Å². The van der Waals surface area contributed by atoms with Crippen LogP contribution < -0.4 is 5.43 Å². The summed E-state index contributed by atoms with van der Waals surface area (Å²) in [7, 11) is 0. The van der Waals surface area contributed by atoms with E-state index in [1.54, 1.807) is 12.1 Å². The molecule has 0 saturated heterocycles. The zero-order chi connectivity index (χ0) is 13.7. The fourth-order valence-electron chi connectivity index (χ4n) is 1.38. The average Bonchev–Trinajstić information content (AvgIpc) is 2.41. The third kappa shape index (κ3) is 3.35. The van der Waals surface area contributed by atoms with Crippen LogP contribution >= 0.6 is 0 Å². The standard InChI is InChI=1S/C13H10FN3O2/c14-10-5-3-9(4-6-10)8-16-17-12-11(13(18)19)2-1-7-15-12/h1-8H,(H,15,17)(H,18,19)/b16-8-. The molecular weight excluding hydrogens is 249 g/mol. The lowest BCUT2D eigenvalue weighted by Crippen LogP contribution is -2.04. The zero-order valence-corrected chi connectivity index (χ0v) is 9.75. The number of carboxylic acid groups (broad SMARTS) is 1. The topological polar surface area (TPSA) is 74.6 Å². The van der Waals surface area contributed by atoms with Crippen molar-refractivity contribution in [1.29, 1.82) is 0 Å². The summed E-state index contributed by atoms with van der Waals surface area (Å²) in [5.74, 6) is -1.27. The summed E-state index contributed by atoms with van der Waals surface area (Å²) in [4.78, 5) is 14.8. The fraction of sp³-hybridized carbons (Fsp3) is 0. The molecule has 1 aromatic carbocycles. The maximum atomic E-state index is 12.7. The lowest BCUT2D eigenvalue weighted by Gasteiger charge is -2.02. The molecule has 1 aromatic heterocycles. The Morgan fingerprint density at radius 2 is 2.05 bits per heavy atom. The van der Waals surface area contributed by atoms with Crippen molar-refractivity contribution in [3.63, 3.8) is 0 Å². The monoisotopic (exact) mass is 259 g/mol. The van der Waals surface area contributed by atoms with Gasteiger partial charge >= 0.3 is 5.97 Å². The molecule has 1 heterocycles. The molecule has 0 atom stereocenters. The Bertz CT molecular complexity index is 612. The molecule has 0 amide bonds. The van der Waals surface area contributed by atoms with Gasteiger partial charge in [-0.25, -0.2) is 14.2 Å². The van der Waals surface area contributed by atoms with Gasteiger partial charge in [-0.1, -0.05) is 12.1 Å². The van der Waals surface area contributed by atoms with Crippen LogP contribution in [0.1, 0.15) is 15.9 Å². The Labute approximate surface area is 108 Å². The first-order chi connectivity index (χ1) is 9.16. The molecule has 2 N–H and O–H groups in total. The number of hydrogen-bond donors (Lipinski definition) is 2. The van der Waals surface area contributed by atoms with Gasteiger partial charge in [-0.2, -0.15) is 5.10 Å². The number of carboxylic acids is 1. The predicted octanol–water partition coefficient (Wildman–Crippen LogP) is 2.36. The molecule has 0 spiro atoms. The Hall–Kier alpha value is -2.76. The number of hydrazone groups is 1. The van der Waals surface area contributed by atoms with E-state index in [2.05, 4.69) is 15.5 Å². The van der Waals surface area contributed by atoms with E-state index < -0.39 is 5.97 Å². The number of aromatic carboxylic acids is 1. The fourth-order valence-corrected chi connectivity index (χ4v) is 1.38. The highest BCUT2D eigenvalue weighted by Gasteiger charge is 2.08. The highest BCUT2D eigenvalue weighted by atomic mass is 19.1. The third-order valence-electron chi connectivity index (χ3n) is 2.29. The number of hydrogen-bond acceptors (Lipinski definition) is 4. The second-order valence-corrected chi connectivity index (χ2v) is 3.63. The van der Waals surface area contributed by atoms with E-state index in [4.69, 9.17) is 5.11 Å². The van der Waals surface area contributed by atoms with Gasteiger partial charge in [0.25, 0.3) is 0 Å². The Morgan fingerprint density at radius 1 is 1.32 bits per heavy atom. The smallest absolute Gasteiger partial charge is 0.339 e. The number of halogens is 1. The summed E-state index contributed by atoms with van der Waals surface area (Å²) in [6, 6.07) is 8.67. The van der Waals surface area contributed by atoms with Crippen molar-refractivity contribution in [1.82, 2.24) is 4.98 Å². The number of nitrogens with one attached hydrogen (secondary N) is 1. The summed E-state index contributed by atoms with van der Waals surface area (Å²) in [5, 5.41) is 12.8. The number of anilines is 1. The van der Waals surface area contributed by atoms with Crippen LogP contribution in [0.15, 0.2) is 47.7 Å². The van der Waals surface area contributed by atoms with E-state index in [0.29, 0.717) is 5.56 Å². The molecule has 0 aliphatic carbocycles. The molecule has 0 aliphatic heterocycles. The molecule has 96 valence electrons. The van der Waals surface area contributed by atoms with Crippen LogP contribution in [0.2, 0.25) is 0 Å². The summed E-state index contributed by atoms with van der Waals surface area (Å²) in [6.07, 6.45) is 2.90. The van der Waals surface area contributed by atoms with Gasteiger partial charge in [-0.3, -0.25) is 5.43 Å². The molecule has 5 nitrogen and oxygen atoms in total. The lowest BCUT2D eigenvalue weighted by molar-refractivity contribution is 0.0697. The SMILES string of the molecule is O=C(O)c1cccnc1N/N=C\c1ccc(F)cc1. The molecule has 0 fully saturated rings. The molecule has 2 rings (SSSR count). The highest BCUT2D eigenvalue weighted by Crippen LogP contribution is 2.10. The van der Waals surface area contributed by atoms with E-state index in [0.717, 1.165) is 0 Å². The maximum Gasteiger partial charge on any atom is 0.339 e. The predicted molar refractivity (Wildman–Crippen MR) is 68.8 cm³/mol.